The van der Waals surface area contributed by atoms with E-state index in [1.165, 1.54) is 5.56 Å². The van der Waals surface area contributed by atoms with Gasteiger partial charge in [0.25, 0.3) is 0 Å². The Kier molecular flexibility index (Phi) is 9.11. The number of rotatable bonds is 10. The zero-order chi connectivity index (χ0) is 19.5. The number of nitrogens with one attached hydrogen (secondary N) is 2. The van der Waals surface area contributed by atoms with E-state index in [9.17, 15) is 9.59 Å². The predicted molar refractivity (Wildman–Crippen MR) is 107 cm³/mol. The van der Waals surface area contributed by atoms with Gasteiger partial charge in [0.05, 0.1) is 13.7 Å². The van der Waals surface area contributed by atoms with E-state index in [1.807, 2.05) is 31.2 Å². The van der Waals surface area contributed by atoms with Crippen LogP contribution in [0, 0.1) is 5.92 Å². The fourth-order valence-electron chi connectivity index (χ4n) is 3.43. The Labute approximate surface area is 162 Å². The maximum Gasteiger partial charge on any atom is 0.234 e. The van der Waals surface area contributed by atoms with Gasteiger partial charge >= 0.3 is 0 Å². The van der Waals surface area contributed by atoms with E-state index in [0.29, 0.717) is 32.0 Å². The monoisotopic (exact) mass is 375 g/mol. The van der Waals surface area contributed by atoms with E-state index >= 15 is 0 Å². The molecule has 1 saturated heterocycles. The lowest BCUT2D eigenvalue weighted by Crippen LogP contribution is -2.45. The molecule has 2 N–H and O–H groups in total. The van der Waals surface area contributed by atoms with Crippen molar-refractivity contribution in [2.45, 2.75) is 39.0 Å². The molecule has 0 spiro atoms. The van der Waals surface area contributed by atoms with Crippen LogP contribution in [0.1, 0.15) is 38.2 Å². The Morgan fingerprint density at radius 3 is 2.67 bits per heavy atom. The number of hydrogen-bond donors (Lipinski definition) is 2. The summed E-state index contributed by atoms with van der Waals surface area (Å²) in [5, 5.41) is 6.02. The van der Waals surface area contributed by atoms with Crippen molar-refractivity contribution in [2.75, 3.05) is 39.8 Å². The summed E-state index contributed by atoms with van der Waals surface area (Å²) in [5.74, 6) is 1.48. The van der Waals surface area contributed by atoms with Gasteiger partial charge in [0, 0.05) is 26.1 Å². The molecule has 1 aliphatic rings. The highest BCUT2D eigenvalue weighted by molar-refractivity contribution is 5.78. The molecule has 6 nitrogen and oxygen atoms in total. The van der Waals surface area contributed by atoms with Gasteiger partial charge < -0.3 is 15.4 Å². The van der Waals surface area contributed by atoms with Crippen molar-refractivity contribution in [2.24, 2.45) is 5.92 Å². The summed E-state index contributed by atoms with van der Waals surface area (Å²) in [5.41, 5.74) is 1.18. The molecule has 2 amide bonds. The van der Waals surface area contributed by atoms with Gasteiger partial charge in [-0.05, 0) is 55.8 Å². The summed E-state index contributed by atoms with van der Waals surface area (Å²) >= 11 is 0. The quantitative estimate of drug-likeness (QED) is 0.656. The minimum Gasteiger partial charge on any atom is -0.497 e. The Morgan fingerprint density at radius 2 is 1.96 bits per heavy atom. The van der Waals surface area contributed by atoms with Crippen LogP contribution in [0.5, 0.6) is 5.75 Å². The topological polar surface area (TPSA) is 70.7 Å². The van der Waals surface area contributed by atoms with Crippen LogP contribution >= 0.6 is 0 Å². The van der Waals surface area contributed by atoms with Gasteiger partial charge in [0.2, 0.25) is 11.8 Å². The average molecular weight is 376 g/mol. The van der Waals surface area contributed by atoms with E-state index < -0.39 is 0 Å². The molecule has 1 heterocycles. The fraction of sp³-hybridized carbons (Fsp3) is 0.619. The molecule has 0 saturated carbocycles. The second-order valence-electron chi connectivity index (χ2n) is 7.25. The van der Waals surface area contributed by atoms with Crippen molar-refractivity contribution in [3.05, 3.63) is 29.8 Å². The summed E-state index contributed by atoms with van der Waals surface area (Å²) < 4.78 is 5.15. The molecule has 2 rings (SSSR count). The van der Waals surface area contributed by atoms with Crippen molar-refractivity contribution in [1.82, 2.24) is 15.5 Å². The van der Waals surface area contributed by atoms with Gasteiger partial charge in [0.15, 0.2) is 0 Å². The third-order valence-electron chi connectivity index (χ3n) is 4.93. The lowest BCUT2D eigenvalue weighted by Gasteiger charge is -2.32. The number of likely N-dealkylation sites (tertiary alicyclic amines) is 1. The number of carbonyl (C=O) groups excluding carboxylic acids is 2. The summed E-state index contributed by atoms with van der Waals surface area (Å²) in [6.45, 7) is 5.62. The zero-order valence-corrected chi connectivity index (χ0v) is 16.6. The van der Waals surface area contributed by atoms with E-state index in [4.69, 9.17) is 4.74 Å². The lowest BCUT2D eigenvalue weighted by atomic mass is 9.98. The van der Waals surface area contributed by atoms with Gasteiger partial charge in [0.1, 0.15) is 5.75 Å². The van der Waals surface area contributed by atoms with Crippen molar-refractivity contribution in [3.8, 4) is 5.75 Å². The number of hydrogen-bond acceptors (Lipinski definition) is 4. The van der Waals surface area contributed by atoms with Gasteiger partial charge in [-0.25, -0.2) is 0 Å². The molecule has 27 heavy (non-hydrogen) atoms. The highest BCUT2D eigenvalue weighted by Crippen LogP contribution is 2.15. The molecule has 0 radical (unpaired) electrons. The van der Waals surface area contributed by atoms with Crippen molar-refractivity contribution in [1.29, 1.82) is 0 Å². The molecular formula is C21H33N3O3. The second kappa shape index (κ2) is 11.6. The summed E-state index contributed by atoms with van der Waals surface area (Å²) in [4.78, 5) is 26.0. The minimum absolute atomic E-state index is 0.0687. The van der Waals surface area contributed by atoms with Crippen LogP contribution in [0.2, 0.25) is 0 Å². The Hall–Kier alpha value is -2.08. The summed E-state index contributed by atoms with van der Waals surface area (Å²) in [6, 6.07) is 7.91. The molecular weight excluding hydrogens is 342 g/mol. The minimum atomic E-state index is 0.0687. The van der Waals surface area contributed by atoms with Crippen LogP contribution in [0.25, 0.3) is 0 Å². The summed E-state index contributed by atoms with van der Waals surface area (Å²) in [7, 11) is 1.65. The molecule has 1 atom stereocenters. The molecule has 1 aromatic carbocycles. The van der Waals surface area contributed by atoms with Gasteiger partial charge in [-0.15, -0.1) is 0 Å². The molecule has 1 aliphatic heterocycles. The smallest absolute Gasteiger partial charge is 0.234 e. The third kappa shape index (κ3) is 7.99. The zero-order valence-electron chi connectivity index (χ0n) is 16.6. The van der Waals surface area contributed by atoms with Crippen LogP contribution in [-0.4, -0.2) is 56.5 Å². The molecule has 1 fully saturated rings. The van der Waals surface area contributed by atoms with Crippen LogP contribution in [0.3, 0.4) is 0 Å². The average Bonchev–Trinajstić information content (AvgIpc) is 2.67. The van der Waals surface area contributed by atoms with Gasteiger partial charge in [-0.3, -0.25) is 14.5 Å². The molecule has 1 aromatic rings. The van der Waals surface area contributed by atoms with Crippen LogP contribution in [0.4, 0.5) is 0 Å². The first-order valence-corrected chi connectivity index (χ1v) is 9.99. The van der Waals surface area contributed by atoms with Crippen LogP contribution in [0.15, 0.2) is 24.3 Å². The second-order valence-corrected chi connectivity index (χ2v) is 7.25. The largest absolute Gasteiger partial charge is 0.497 e. The van der Waals surface area contributed by atoms with E-state index in [1.54, 1.807) is 7.11 Å². The summed E-state index contributed by atoms with van der Waals surface area (Å²) in [6.07, 6.45) is 4.46. The van der Waals surface area contributed by atoms with E-state index in [2.05, 4.69) is 15.5 Å². The number of methoxy groups -OCH3 is 1. The lowest BCUT2D eigenvalue weighted by molar-refractivity contribution is -0.123. The normalized spacial score (nSPS) is 17.3. The number of amides is 2. The molecule has 0 bridgehead atoms. The number of nitrogens with zero attached hydrogens (tertiary/aromatic N) is 1. The Balaban J connectivity index is 1.64. The third-order valence-corrected chi connectivity index (χ3v) is 4.93. The first-order valence-electron chi connectivity index (χ1n) is 9.99. The number of carbonyl (C=O) groups is 2. The number of ether oxygens (including phenoxy) is 1. The van der Waals surface area contributed by atoms with Crippen molar-refractivity contribution < 1.29 is 14.3 Å². The number of benzene rings is 1. The maximum absolute atomic E-state index is 12.2. The molecule has 0 aromatic heterocycles. The van der Waals surface area contributed by atoms with Crippen molar-refractivity contribution >= 4 is 11.8 Å². The Morgan fingerprint density at radius 1 is 1.19 bits per heavy atom. The first kappa shape index (κ1) is 21.2. The molecule has 1 unspecified atom stereocenters. The SMILES string of the molecule is CCCC(=O)NCC1CCCN(CC(=O)NCCc2ccc(OC)cc2)C1. The predicted octanol–water partition coefficient (Wildman–Crippen LogP) is 1.98. The highest BCUT2D eigenvalue weighted by atomic mass is 16.5. The standard InChI is InChI=1S/C21H33N3O3/c1-3-5-20(25)23-14-18-6-4-13-24(15-18)16-21(26)22-12-11-17-7-9-19(27-2)10-8-17/h7-10,18H,3-6,11-16H2,1-2H3,(H,22,26)(H,23,25). The first-order chi connectivity index (χ1) is 13.1. The van der Waals surface area contributed by atoms with Crippen molar-refractivity contribution in [3.63, 3.8) is 0 Å². The molecule has 6 heteroatoms. The van der Waals surface area contributed by atoms with E-state index in [0.717, 1.165) is 44.5 Å². The van der Waals surface area contributed by atoms with Gasteiger partial charge in [-0.1, -0.05) is 19.1 Å². The number of piperidine rings is 1. The van der Waals surface area contributed by atoms with E-state index in [-0.39, 0.29) is 11.8 Å². The maximum atomic E-state index is 12.2. The fourth-order valence-corrected chi connectivity index (χ4v) is 3.43. The molecule has 0 aliphatic carbocycles. The molecule has 150 valence electrons. The van der Waals surface area contributed by atoms with Crippen LogP contribution in [-0.2, 0) is 16.0 Å². The Bertz CT molecular complexity index is 589. The van der Waals surface area contributed by atoms with Crippen LogP contribution < -0.4 is 15.4 Å². The van der Waals surface area contributed by atoms with Gasteiger partial charge in [-0.2, -0.15) is 0 Å². The highest BCUT2D eigenvalue weighted by Gasteiger charge is 2.21.